The predicted octanol–water partition coefficient (Wildman–Crippen LogP) is 3.72. The number of benzene rings is 2. The van der Waals surface area contributed by atoms with Crippen molar-refractivity contribution in [2.75, 3.05) is 25.4 Å². The topological polar surface area (TPSA) is 66.5 Å². The maximum atomic E-state index is 12.6. The van der Waals surface area contributed by atoms with Crippen LogP contribution in [-0.4, -0.2) is 44.0 Å². The summed E-state index contributed by atoms with van der Waals surface area (Å²) in [5, 5.41) is 3.03. The summed E-state index contributed by atoms with van der Waals surface area (Å²) in [5.74, 6) is 0.137. The van der Waals surface area contributed by atoms with Crippen molar-refractivity contribution in [2.24, 2.45) is 5.92 Å². The van der Waals surface area contributed by atoms with Crippen molar-refractivity contribution in [3.63, 3.8) is 0 Å². The van der Waals surface area contributed by atoms with E-state index in [1.807, 2.05) is 30.3 Å². The fraction of sp³-hybridized carbons (Fsp3) is 0.480. The summed E-state index contributed by atoms with van der Waals surface area (Å²) >= 11 is 0. The van der Waals surface area contributed by atoms with Crippen molar-refractivity contribution in [1.82, 2.24) is 9.62 Å². The van der Waals surface area contributed by atoms with Crippen LogP contribution in [0.2, 0.25) is 0 Å². The first-order valence-electron chi connectivity index (χ1n) is 11.3. The second-order valence-electron chi connectivity index (χ2n) is 8.46. The molecule has 5 nitrogen and oxygen atoms in total. The lowest BCUT2D eigenvalue weighted by atomic mass is 9.97. The van der Waals surface area contributed by atoms with Crippen LogP contribution in [0.4, 0.5) is 0 Å². The van der Waals surface area contributed by atoms with Crippen LogP contribution >= 0.6 is 0 Å². The molecule has 0 unspecified atom stereocenters. The van der Waals surface area contributed by atoms with Crippen LogP contribution in [0.3, 0.4) is 0 Å². The Bertz CT molecular complexity index is 919. The van der Waals surface area contributed by atoms with Gasteiger partial charge in [-0.25, -0.2) is 12.7 Å². The second kappa shape index (κ2) is 11.4. The second-order valence-corrected chi connectivity index (χ2v) is 10.5. The van der Waals surface area contributed by atoms with E-state index < -0.39 is 10.0 Å². The minimum absolute atomic E-state index is 0.0602. The zero-order valence-electron chi connectivity index (χ0n) is 18.4. The van der Waals surface area contributed by atoms with Gasteiger partial charge in [0, 0.05) is 25.6 Å². The predicted molar refractivity (Wildman–Crippen MR) is 125 cm³/mol. The Morgan fingerprint density at radius 2 is 1.55 bits per heavy atom. The quantitative estimate of drug-likeness (QED) is 0.570. The Balaban J connectivity index is 1.34. The molecule has 3 rings (SSSR count). The van der Waals surface area contributed by atoms with E-state index in [1.54, 1.807) is 4.31 Å². The first kappa shape index (κ1) is 23.5. The summed E-state index contributed by atoms with van der Waals surface area (Å²) in [6.45, 7) is 3.61. The minimum atomic E-state index is -3.26. The molecule has 31 heavy (non-hydrogen) atoms. The Labute approximate surface area is 186 Å². The van der Waals surface area contributed by atoms with Crippen molar-refractivity contribution in [3.05, 3.63) is 71.3 Å². The summed E-state index contributed by atoms with van der Waals surface area (Å²) in [5.41, 5.74) is 3.70. The SMILES string of the molecule is Cc1ccc(CCCNC(=O)C2CCN(S(=O)(=O)CCCc3ccccc3)CC2)cc1. The monoisotopic (exact) mass is 442 g/mol. The molecule has 6 heteroatoms. The highest BCUT2D eigenvalue weighted by atomic mass is 32.2. The lowest BCUT2D eigenvalue weighted by Gasteiger charge is -2.30. The molecule has 1 saturated heterocycles. The molecule has 0 aromatic heterocycles. The maximum Gasteiger partial charge on any atom is 0.223 e. The highest BCUT2D eigenvalue weighted by molar-refractivity contribution is 7.89. The Hall–Kier alpha value is -2.18. The third-order valence-corrected chi connectivity index (χ3v) is 7.95. The lowest BCUT2D eigenvalue weighted by Crippen LogP contribution is -2.43. The maximum absolute atomic E-state index is 12.6. The summed E-state index contributed by atoms with van der Waals surface area (Å²) in [4.78, 5) is 12.5. The molecule has 1 aliphatic rings. The van der Waals surface area contributed by atoms with Crippen LogP contribution in [0.25, 0.3) is 0 Å². The lowest BCUT2D eigenvalue weighted by molar-refractivity contribution is -0.126. The molecule has 1 fully saturated rings. The highest BCUT2D eigenvalue weighted by Crippen LogP contribution is 2.21. The van der Waals surface area contributed by atoms with Crippen LogP contribution in [0, 0.1) is 12.8 Å². The molecule has 1 amide bonds. The highest BCUT2D eigenvalue weighted by Gasteiger charge is 2.30. The van der Waals surface area contributed by atoms with Gasteiger partial charge in [0.2, 0.25) is 15.9 Å². The number of piperidine rings is 1. The van der Waals surface area contributed by atoms with Gasteiger partial charge in [-0.15, -0.1) is 0 Å². The number of hydrogen-bond donors (Lipinski definition) is 1. The third kappa shape index (κ3) is 7.47. The van der Waals surface area contributed by atoms with E-state index in [1.165, 1.54) is 11.1 Å². The summed E-state index contributed by atoms with van der Waals surface area (Å²) in [6.07, 6.45) is 4.43. The van der Waals surface area contributed by atoms with E-state index in [-0.39, 0.29) is 17.6 Å². The molecule has 0 bridgehead atoms. The van der Waals surface area contributed by atoms with Crippen molar-refractivity contribution in [1.29, 1.82) is 0 Å². The summed E-state index contributed by atoms with van der Waals surface area (Å²) in [6, 6.07) is 18.4. The van der Waals surface area contributed by atoms with E-state index in [0.717, 1.165) is 24.8 Å². The van der Waals surface area contributed by atoms with Gasteiger partial charge in [0.1, 0.15) is 0 Å². The van der Waals surface area contributed by atoms with Gasteiger partial charge in [0.25, 0.3) is 0 Å². The number of sulfonamides is 1. The number of rotatable bonds is 10. The molecule has 2 aromatic carbocycles. The average molecular weight is 443 g/mol. The molecule has 168 valence electrons. The average Bonchev–Trinajstić information content (AvgIpc) is 2.78. The molecule has 2 aromatic rings. The van der Waals surface area contributed by atoms with Gasteiger partial charge in [-0.3, -0.25) is 4.79 Å². The summed E-state index contributed by atoms with van der Waals surface area (Å²) in [7, 11) is -3.26. The largest absolute Gasteiger partial charge is 0.356 e. The van der Waals surface area contributed by atoms with Gasteiger partial charge in [-0.1, -0.05) is 60.2 Å². The zero-order chi connectivity index (χ0) is 22.1. The van der Waals surface area contributed by atoms with Crippen LogP contribution in [0.15, 0.2) is 54.6 Å². The van der Waals surface area contributed by atoms with E-state index in [2.05, 4.69) is 36.5 Å². The molecular weight excluding hydrogens is 408 g/mol. The standard InChI is InChI=1S/C25H34N2O3S/c1-21-11-13-23(14-12-21)9-5-17-26-25(28)24-15-18-27(19-16-24)31(29,30)20-6-10-22-7-3-2-4-8-22/h2-4,7-8,11-14,24H,5-6,9-10,15-20H2,1H3,(H,26,28). The first-order valence-corrected chi connectivity index (χ1v) is 12.9. The van der Waals surface area contributed by atoms with Crippen molar-refractivity contribution < 1.29 is 13.2 Å². The third-order valence-electron chi connectivity index (χ3n) is 5.99. The van der Waals surface area contributed by atoms with E-state index in [9.17, 15) is 13.2 Å². The number of hydrogen-bond acceptors (Lipinski definition) is 3. The van der Waals surface area contributed by atoms with Gasteiger partial charge in [0.15, 0.2) is 0 Å². The van der Waals surface area contributed by atoms with Gasteiger partial charge >= 0.3 is 0 Å². The number of nitrogens with zero attached hydrogens (tertiary/aromatic N) is 1. The van der Waals surface area contributed by atoms with Crippen molar-refractivity contribution >= 4 is 15.9 Å². The molecule has 0 atom stereocenters. The number of aryl methyl sites for hydroxylation is 3. The van der Waals surface area contributed by atoms with Crippen LogP contribution in [0.5, 0.6) is 0 Å². The number of amides is 1. The normalized spacial score (nSPS) is 15.6. The molecule has 1 aliphatic heterocycles. The Morgan fingerprint density at radius 1 is 0.935 bits per heavy atom. The van der Waals surface area contributed by atoms with E-state index in [0.29, 0.717) is 38.9 Å². The molecular formula is C25H34N2O3S. The fourth-order valence-corrected chi connectivity index (χ4v) is 5.57. The van der Waals surface area contributed by atoms with Gasteiger partial charge in [-0.2, -0.15) is 0 Å². The van der Waals surface area contributed by atoms with Crippen LogP contribution in [0.1, 0.15) is 42.4 Å². The fourth-order valence-electron chi connectivity index (χ4n) is 4.03. The first-order chi connectivity index (χ1) is 14.9. The van der Waals surface area contributed by atoms with Crippen LogP contribution in [-0.2, 0) is 27.7 Å². The van der Waals surface area contributed by atoms with E-state index in [4.69, 9.17) is 0 Å². The summed E-state index contributed by atoms with van der Waals surface area (Å²) < 4.78 is 26.9. The Kier molecular flexibility index (Phi) is 8.67. The van der Waals surface area contributed by atoms with Gasteiger partial charge < -0.3 is 5.32 Å². The molecule has 1 heterocycles. The minimum Gasteiger partial charge on any atom is -0.356 e. The van der Waals surface area contributed by atoms with Crippen LogP contribution < -0.4 is 5.32 Å². The van der Waals surface area contributed by atoms with Gasteiger partial charge in [-0.05, 0) is 56.6 Å². The molecule has 0 aliphatic carbocycles. The zero-order valence-corrected chi connectivity index (χ0v) is 19.2. The smallest absolute Gasteiger partial charge is 0.223 e. The Morgan fingerprint density at radius 3 is 2.23 bits per heavy atom. The molecule has 1 N–H and O–H groups in total. The molecule has 0 spiro atoms. The molecule has 0 radical (unpaired) electrons. The number of carbonyl (C=O) groups is 1. The molecule has 0 saturated carbocycles. The van der Waals surface area contributed by atoms with Crippen molar-refractivity contribution in [2.45, 2.75) is 45.4 Å². The van der Waals surface area contributed by atoms with Gasteiger partial charge in [0.05, 0.1) is 5.75 Å². The number of nitrogens with one attached hydrogen (secondary N) is 1. The van der Waals surface area contributed by atoms with Crippen molar-refractivity contribution in [3.8, 4) is 0 Å². The number of carbonyl (C=O) groups excluding carboxylic acids is 1. The van der Waals surface area contributed by atoms with E-state index >= 15 is 0 Å².